The van der Waals surface area contributed by atoms with Crippen LogP contribution in [0.25, 0.3) is 0 Å². The highest BCUT2D eigenvalue weighted by atomic mass is 79.9. The zero-order valence-corrected chi connectivity index (χ0v) is 9.90. The summed E-state index contributed by atoms with van der Waals surface area (Å²) in [6.45, 7) is 0. The number of hydrogen-bond donors (Lipinski definition) is 2. The molecule has 1 amide bonds. The molecule has 2 atom stereocenters. The number of nitrogens with one attached hydrogen (secondary N) is 1. The van der Waals surface area contributed by atoms with E-state index in [2.05, 4.69) is 21.2 Å². The van der Waals surface area contributed by atoms with Gasteiger partial charge in [0, 0.05) is 10.2 Å². The molecule has 1 aromatic carbocycles. The Bertz CT molecular complexity index is 429. The topological polar surface area (TPSA) is 66.4 Å². The summed E-state index contributed by atoms with van der Waals surface area (Å²) >= 11 is 3.29. The van der Waals surface area contributed by atoms with Crippen LogP contribution in [0.5, 0.6) is 0 Å². The van der Waals surface area contributed by atoms with E-state index < -0.39 is 11.9 Å². The van der Waals surface area contributed by atoms with Gasteiger partial charge in [-0.2, -0.15) is 0 Å². The standard InChI is InChI=1S/C11H10BrNO3/c12-6-1-3-7(4-2-6)13-10(14)8-5-9(8)11(15)16/h1-4,8-9H,5H2,(H,13,14)(H,15,16)/t8-,9-/m0/s1. The summed E-state index contributed by atoms with van der Waals surface area (Å²) in [6.07, 6.45) is 0.442. The fourth-order valence-electron chi connectivity index (χ4n) is 1.53. The number of aliphatic carboxylic acids is 1. The molecule has 1 saturated carbocycles. The van der Waals surface area contributed by atoms with Gasteiger partial charge in [-0.15, -0.1) is 0 Å². The number of carbonyl (C=O) groups excluding carboxylic acids is 1. The number of halogens is 1. The molecule has 0 heterocycles. The van der Waals surface area contributed by atoms with E-state index in [0.717, 1.165) is 4.47 Å². The first kappa shape index (κ1) is 11.1. The van der Waals surface area contributed by atoms with E-state index >= 15 is 0 Å². The average molecular weight is 284 g/mol. The Morgan fingerprint density at radius 3 is 2.38 bits per heavy atom. The van der Waals surface area contributed by atoms with Gasteiger partial charge in [0.05, 0.1) is 11.8 Å². The van der Waals surface area contributed by atoms with Crippen LogP contribution in [0.2, 0.25) is 0 Å². The van der Waals surface area contributed by atoms with Gasteiger partial charge in [0.1, 0.15) is 0 Å². The van der Waals surface area contributed by atoms with E-state index in [9.17, 15) is 9.59 Å². The summed E-state index contributed by atoms with van der Waals surface area (Å²) in [4.78, 5) is 22.2. The van der Waals surface area contributed by atoms with Gasteiger partial charge in [0.2, 0.25) is 5.91 Å². The Morgan fingerprint density at radius 2 is 1.88 bits per heavy atom. The lowest BCUT2D eigenvalue weighted by Crippen LogP contribution is -2.16. The maximum atomic E-state index is 11.6. The van der Waals surface area contributed by atoms with Crippen LogP contribution < -0.4 is 5.32 Å². The van der Waals surface area contributed by atoms with Gasteiger partial charge in [0.15, 0.2) is 0 Å². The Labute approximate surface area is 101 Å². The highest BCUT2D eigenvalue weighted by Crippen LogP contribution is 2.39. The van der Waals surface area contributed by atoms with Crippen molar-refractivity contribution < 1.29 is 14.7 Å². The summed E-state index contributed by atoms with van der Waals surface area (Å²) in [7, 11) is 0. The number of carbonyl (C=O) groups is 2. The van der Waals surface area contributed by atoms with Gasteiger partial charge in [-0.25, -0.2) is 0 Å². The van der Waals surface area contributed by atoms with Crippen molar-refractivity contribution in [1.82, 2.24) is 0 Å². The van der Waals surface area contributed by atoms with Crippen molar-refractivity contribution in [2.75, 3.05) is 5.32 Å². The SMILES string of the molecule is O=C(O)[C@H]1C[C@@H]1C(=O)Nc1ccc(Br)cc1. The Hall–Kier alpha value is -1.36. The highest BCUT2D eigenvalue weighted by Gasteiger charge is 2.48. The molecule has 2 N–H and O–H groups in total. The molecule has 16 heavy (non-hydrogen) atoms. The monoisotopic (exact) mass is 283 g/mol. The molecule has 5 heteroatoms. The van der Waals surface area contributed by atoms with Crippen LogP contribution in [0.3, 0.4) is 0 Å². The molecular formula is C11H10BrNO3. The maximum Gasteiger partial charge on any atom is 0.307 e. The fourth-order valence-corrected chi connectivity index (χ4v) is 1.79. The lowest BCUT2D eigenvalue weighted by atomic mass is 10.2. The molecule has 0 aliphatic heterocycles. The Balaban J connectivity index is 1.94. The number of rotatable bonds is 3. The van der Waals surface area contributed by atoms with Crippen LogP contribution in [0.1, 0.15) is 6.42 Å². The van der Waals surface area contributed by atoms with Gasteiger partial charge in [-0.3, -0.25) is 9.59 Å². The number of hydrogen-bond acceptors (Lipinski definition) is 2. The maximum absolute atomic E-state index is 11.6. The molecule has 0 saturated heterocycles. The van der Waals surface area contributed by atoms with E-state index in [4.69, 9.17) is 5.11 Å². The smallest absolute Gasteiger partial charge is 0.307 e. The van der Waals surface area contributed by atoms with Crippen molar-refractivity contribution in [2.24, 2.45) is 11.8 Å². The van der Waals surface area contributed by atoms with Gasteiger partial charge in [0.25, 0.3) is 0 Å². The predicted octanol–water partition coefficient (Wildman–Crippen LogP) is 2.11. The highest BCUT2D eigenvalue weighted by molar-refractivity contribution is 9.10. The molecule has 4 nitrogen and oxygen atoms in total. The fraction of sp³-hybridized carbons (Fsp3) is 0.273. The van der Waals surface area contributed by atoms with Crippen LogP contribution >= 0.6 is 15.9 Å². The van der Waals surface area contributed by atoms with Gasteiger partial charge in [-0.1, -0.05) is 15.9 Å². The lowest BCUT2D eigenvalue weighted by Gasteiger charge is -2.03. The summed E-state index contributed by atoms with van der Waals surface area (Å²) in [5, 5.41) is 11.4. The number of carboxylic acid groups (broad SMARTS) is 1. The van der Waals surface area contributed by atoms with E-state index in [-0.39, 0.29) is 11.8 Å². The van der Waals surface area contributed by atoms with Gasteiger partial charge < -0.3 is 10.4 Å². The van der Waals surface area contributed by atoms with Crippen molar-refractivity contribution in [2.45, 2.75) is 6.42 Å². The number of carboxylic acids is 1. The van der Waals surface area contributed by atoms with Crippen LogP contribution in [-0.4, -0.2) is 17.0 Å². The predicted molar refractivity (Wildman–Crippen MR) is 62.0 cm³/mol. The molecular weight excluding hydrogens is 274 g/mol. The van der Waals surface area contributed by atoms with Crippen LogP contribution in [0, 0.1) is 11.8 Å². The van der Waals surface area contributed by atoms with E-state index in [1.165, 1.54) is 0 Å². The zero-order chi connectivity index (χ0) is 11.7. The summed E-state index contributed by atoms with van der Waals surface area (Å²) in [5.41, 5.74) is 0.684. The van der Waals surface area contributed by atoms with Crippen molar-refractivity contribution in [3.05, 3.63) is 28.7 Å². The third kappa shape index (κ3) is 2.41. The molecule has 0 radical (unpaired) electrons. The van der Waals surface area contributed by atoms with E-state index in [1.807, 2.05) is 12.1 Å². The first-order valence-electron chi connectivity index (χ1n) is 4.87. The molecule has 2 rings (SSSR count). The minimum absolute atomic E-state index is 0.213. The van der Waals surface area contributed by atoms with Gasteiger partial charge >= 0.3 is 5.97 Å². The molecule has 1 fully saturated rings. The second-order valence-corrected chi connectivity index (χ2v) is 4.70. The number of benzene rings is 1. The van der Waals surface area contributed by atoms with Crippen molar-refractivity contribution in [3.8, 4) is 0 Å². The Kier molecular flexibility index (Phi) is 2.96. The molecule has 0 aromatic heterocycles. The first-order valence-corrected chi connectivity index (χ1v) is 5.66. The normalized spacial score (nSPS) is 22.6. The molecule has 84 valence electrons. The first-order chi connectivity index (χ1) is 7.58. The van der Waals surface area contributed by atoms with Crippen LogP contribution in [0.4, 0.5) is 5.69 Å². The summed E-state index contributed by atoms with van der Waals surface area (Å²) < 4.78 is 0.931. The molecule has 1 aliphatic rings. The largest absolute Gasteiger partial charge is 0.481 e. The van der Waals surface area contributed by atoms with Crippen molar-refractivity contribution in [3.63, 3.8) is 0 Å². The van der Waals surface area contributed by atoms with Crippen molar-refractivity contribution >= 4 is 33.5 Å². The average Bonchev–Trinajstić information content (AvgIpc) is 3.01. The molecule has 0 unspecified atom stereocenters. The molecule has 1 aliphatic carbocycles. The van der Waals surface area contributed by atoms with E-state index in [0.29, 0.717) is 12.1 Å². The second-order valence-electron chi connectivity index (χ2n) is 3.78. The zero-order valence-electron chi connectivity index (χ0n) is 8.31. The third-order valence-corrected chi connectivity index (χ3v) is 3.08. The quantitative estimate of drug-likeness (QED) is 0.893. The summed E-state index contributed by atoms with van der Waals surface area (Å²) in [5.74, 6) is -1.98. The third-order valence-electron chi connectivity index (χ3n) is 2.56. The molecule has 0 bridgehead atoms. The van der Waals surface area contributed by atoms with E-state index in [1.54, 1.807) is 12.1 Å². The molecule has 0 spiro atoms. The van der Waals surface area contributed by atoms with Crippen LogP contribution in [-0.2, 0) is 9.59 Å². The second kappa shape index (κ2) is 4.25. The number of anilines is 1. The Morgan fingerprint density at radius 1 is 1.25 bits per heavy atom. The summed E-state index contributed by atoms with van der Waals surface area (Å²) in [6, 6.07) is 7.16. The van der Waals surface area contributed by atoms with Crippen LogP contribution in [0.15, 0.2) is 28.7 Å². The van der Waals surface area contributed by atoms with Gasteiger partial charge in [-0.05, 0) is 30.7 Å². The minimum atomic E-state index is -0.893. The van der Waals surface area contributed by atoms with Crippen molar-refractivity contribution in [1.29, 1.82) is 0 Å². The molecule has 1 aromatic rings. The minimum Gasteiger partial charge on any atom is -0.481 e. The lowest BCUT2D eigenvalue weighted by molar-refractivity contribution is -0.139. The number of amides is 1.